The van der Waals surface area contributed by atoms with E-state index in [0.717, 1.165) is 12.8 Å². The van der Waals surface area contributed by atoms with Crippen LogP contribution in [0.25, 0.3) is 11.3 Å². The lowest BCUT2D eigenvalue weighted by Gasteiger charge is -2.32. The zero-order valence-corrected chi connectivity index (χ0v) is 24.4. The molecule has 1 aliphatic rings. The summed E-state index contributed by atoms with van der Waals surface area (Å²) in [6.07, 6.45) is 3.49. The van der Waals surface area contributed by atoms with E-state index >= 15 is 0 Å². The van der Waals surface area contributed by atoms with Crippen molar-refractivity contribution in [2.75, 3.05) is 30.8 Å². The highest BCUT2D eigenvalue weighted by atomic mass is 16.5. The van der Waals surface area contributed by atoms with Crippen molar-refractivity contribution in [1.82, 2.24) is 19.7 Å². The molecule has 218 valence electrons. The van der Waals surface area contributed by atoms with Gasteiger partial charge in [-0.05, 0) is 63.3 Å². The lowest BCUT2D eigenvalue weighted by atomic mass is 9.90. The molecule has 4 N–H and O–H groups in total. The summed E-state index contributed by atoms with van der Waals surface area (Å²) in [4.78, 5) is 31.8. The number of nitrogens with two attached hydrogens (primary N) is 1. The van der Waals surface area contributed by atoms with Crippen LogP contribution < -0.4 is 21.1 Å². The van der Waals surface area contributed by atoms with Gasteiger partial charge in [0.2, 0.25) is 5.88 Å². The maximum absolute atomic E-state index is 13.0. The fourth-order valence-electron chi connectivity index (χ4n) is 5.24. The number of hydrogen-bond donors (Lipinski definition) is 3. The van der Waals surface area contributed by atoms with E-state index in [1.165, 1.54) is 5.56 Å². The van der Waals surface area contributed by atoms with Gasteiger partial charge in [0, 0.05) is 42.3 Å². The molecule has 0 saturated carbocycles. The summed E-state index contributed by atoms with van der Waals surface area (Å²) in [6, 6.07) is 21.1. The number of benzene rings is 2. The van der Waals surface area contributed by atoms with Crippen LogP contribution in [0.5, 0.6) is 5.88 Å². The van der Waals surface area contributed by atoms with E-state index in [1.807, 2.05) is 56.0 Å². The van der Waals surface area contributed by atoms with Crippen LogP contribution in [0.1, 0.15) is 55.5 Å². The number of nitrogens with one attached hydrogen (secondary N) is 2. The fourth-order valence-corrected chi connectivity index (χ4v) is 5.24. The van der Waals surface area contributed by atoms with Crippen molar-refractivity contribution in [2.45, 2.75) is 45.1 Å². The van der Waals surface area contributed by atoms with Gasteiger partial charge in [-0.3, -0.25) is 4.79 Å². The minimum atomic E-state index is -0.611. The van der Waals surface area contributed by atoms with Crippen LogP contribution in [-0.2, 0) is 5.54 Å². The molecule has 1 aliphatic heterocycles. The molecule has 4 aromatic rings. The Kier molecular flexibility index (Phi) is 8.15. The Morgan fingerprint density at radius 2 is 1.67 bits per heavy atom. The molecule has 10 nitrogen and oxygen atoms in total. The van der Waals surface area contributed by atoms with Gasteiger partial charge in [-0.1, -0.05) is 42.5 Å². The first kappa shape index (κ1) is 28.7. The highest BCUT2D eigenvalue weighted by Gasteiger charge is 2.29. The van der Waals surface area contributed by atoms with Gasteiger partial charge in [-0.25, -0.2) is 14.5 Å². The van der Waals surface area contributed by atoms with Gasteiger partial charge in [0.15, 0.2) is 0 Å². The van der Waals surface area contributed by atoms with Gasteiger partial charge in [-0.2, -0.15) is 5.10 Å². The van der Waals surface area contributed by atoms with Crippen LogP contribution in [0.15, 0.2) is 72.9 Å². The van der Waals surface area contributed by atoms with Crippen molar-refractivity contribution < 1.29 is 14.3 Å². The number of urea groups is 1. The van der Waals surface area contributed by atoms with Crippen LogP contribution in [0.4, 0.5) is 22.0 Å². The molecule has 0 unspecified atom stereocenters. The largest absolute Gasteiger partial charge is 0.481 e. The fraction of sp³-hybridized carbons (Fsp3) is 0.312. The van der Waals surface area contributed by atoms with Crippen LogP contribution in [-0.4, -0.2) is 51.8 Å². The number of nitrogens with zero attached hydrogens (tertiary/aromatic N) is 4. The zero-order chi connectivity index (χ0) is 29.9. The molecule has 2 aromatic heterocycles. The maximum Gasteiger partial charge on any atom is 0.321 e. The Labute approximate surface area is 245 Å². The van der Waals surface area contributed by atoms with Crippen molar-refractivity contribution in [3.8, 4) is 17.1 Å². The van der Waals surface area contributed by atoms with Crippen molar-refractivity contribution in [1.29, 1.82) is 0 Å². The molecule has 1 saturated heterocycles. The van der Waals surface area contributed by atoms with E-state index in [9.17, 15) is 9.59 Å². The van der Waals surface area contributed by atoms with E-state index in [0.29, 0.717) is 53.3 Å². The molecule has 0 bridgehead atoms. The first-order valence-corrected chi connectivity index (χ1v) is 14.1. The third kappa shape index (κ3) is 6.22. The molecule has 0 radical (unpaired) electrons. The Balaban J connectivity index is 1.34. The predicted molar refractivity (Wildman–Crippen MR) is 164 cm³/mol. The van der Waals surface area contributed by atoms with Crippen molar-refractivity contribution in [2.24, 2.45) is 5.73 Å². The summed E-state index contributed by atoms with van der Waals surface area (Å²) in [6.45, 7) is 7.39. The molecular weight excluding hydrogens is 530 g/mol. The second-order valence-electron chi connectivity index (χ2n) is 11.4. The minimum absolute atomic E-state index is 0.122. The van der Waals surface area contributed by atoms with E-state index in [4.69, 9.17) is 15.6 Å². The average Bonchev–Trinajstić information content (AvgIpc) is 3.38. The Hall–Kier alpha value is -4.86. The number of amides is 3. The zero-order valence-electron chi connectivity index (χ0n) is 24.4. The first-order chi connectivity index (χ1) is 20.1. The monoisotopic (exact) mass is 567 g/mol. The smallest absolute Gasteiger partial charge is 0.321 e. The van der Waals surface area contributed by atoms with Crippen LogP contribution in [0, 0.1) is 0 Å². The number of hydrogen-bond acceptors (Lipinski definition) is 6. The van der Waals surface area contributed by atoms with Gasteiger partial charge < -0.3 is 26.0 Å². The number of carbonyl (C=O) groups excluding carboxylic acids is 2. The molecule has 10 heteroatoms. The SMILES string of the molecule is COc1cc(Nc2c(C(N)=O)c(-c3ccc(NC(=O)N4CCC(c5ccccc5)CC4)cc3)nn2C(C)(C)C)ccn1. The maximum atomic E-state index is 13.0. The molecule has 3 heterocycles. The quantitative estimate of drug-likeness (QED) is 0.253. The number of anilines is 3. The van der Waals surface area contributed by atoms with Crippen LogP contribution in [0.3, 0.4) is 0 Å². The second-order valence-corrected chi connectivity index (χ2v) is 11.4. The van der Waals surface area contributed by atoms with Gasteiger partial charge in [0.1, 0.15) is 17.1 Å². The lowest BCUT2D eigenvalue weighted by molar-refractivity contribution is 0.100. The normalized spacial score (nSPS) is 14.0. The van der Waals surface area contributed by atoms with E-state index in [2.05, 4.69) is 39.9 Å². The Morgan fingerprint density at radius 1 is 0.976 bits per heavy atom. The molecule has 0 spiro atoms. The van der Waals surface area contributed by atoms with Gasteiger partial charge >= 0.3 is 6.03 Å². The van der Waals surface area contributed by atoms with Crippen LogP contribution >= 0.6 is 0 Å². The number of primary amides is 1. The number of likely N-dealkylation sites (tertiary alicyclic amines) is 1. The van der Waals surface area contributed by atoms with Gasteiger partial charge in [-0.15, -0.1) is 0 Å². The minimum Gasteiger partial charge on any atom is -0.481 e. The number of aromatic nitrogens is 3. The highest BCUT2D eigenvalue weighted by Crippen LogP contribution is 2.35. The number of carbonyl (C=O) groups is 2. The number of ether oxygens (including phenoxy) is 1. The molecule has 0 aliphatic carbocycles. The summed E-state index contributed by atoms with van der Waals surface area (Å²) >= 11 is 0. The second kappa shape index (κ2) is 11.9. The number of piperidine rings is 1. The molecule has 1 fully saturated rings. The topological polar surface area (TPSA) is 127 Å². The summed E-state index contributed by atoms with van der Waals surface area (Å²) < 4.78 is 7.00. The predicted octanol–water partition coefficient (Wildman–Crippen LogP) is 5.96. The van der Waals surface area contributed by atoms with Crippen molar-refractivity contribution in [3.05, 3.63) is 84.1 Å². The first-order valence-electron chi connectivity index (χ1n) is 14.1. The Bertz CT molecular complexity index is 1550. The number of methoxy groups -OCH3 is 1. The molecule has 42 heavy (non-hydrogen) atoms. The molecule has 3 amide bonds. The summed E-state index contributed by atoms with van der Waals surface area (Å²) in [5.41, 5.74) is 9.51. The molecular formula is C32H37N7O3. The number of pyridine rings is 1. The summed E-state index contributed by atoms with van der Waals surface area (Å²) in [5, 5.41) is 11.1. The number of rotatable bonds is 7. The third-order valence-corrected chi connectivity index (χ3v) is 7.44. The van der Waals surface area contributed by atoms with Crippen LogP contribution in [0.2, 0.25) is 0 Å². The van der Waals surface area contributed by atoms with E-state index in [1.54, 1.807) is 30.1 Å². The standard InChI is InChI=1S/C32H37N7O3/c1-32(2,3)39-30(35-25-14-17-34-26(20-25)42-4)27(29(33)40)28(37-39)23-10-12-24(13-11-23)36-31(41)38-18-15-22(16-19-38)21-8-6-5-7-9-21/h5-14,17,20,22H,15-16,18-19H2,1-4H3,(H2,33,40)(H,34,35)(H,36,41). The van der Waals surface area contributed by atoms with Crippen molar-refractivity contribution >= 4 is 29.1 Å². The van der Waals surface area contributed by atoms with E-state index < -0.39 is 11.4 Å². The highest BCUT2D eigenvalue weighted by molar-refractivity contribution is 6.04. The summed E-state index contributed by atoms with van der Waals surface area (Å²) in [7, 11) is 1.54. The van der Waals surface area contributed by atoms with E-state index in [-0.39, 0.29) is 11.6 Å². The van der Waals surface area contributed by atoms with Gasteiger partial charge in [0.25, 0.3) is 5.91 Å². The molecule has 5 rings (SSSR count). The van der Waals surface area contributed by atoms with Gasteiger partial charge in [0.05, 0.1) is 12.6 Å². The molecule has 0 atom stereocenters. The summed E-state index contributed by atoms with van der Waals surface area (Å²) in [5.74, 6) is 0.762. The lowest BCUT2D eigenvalue weighted by Crippen LogP contribution is -2.40. The average molecular weight is 568 g/mol. The third-order valence-electron chi connectivity index (χ3n) is 7.44. The Morgan fingerprint density at radius 3 is 2.29 bits per heavy atom. The molecule has 2 aromatic carbocycles. The van der Waals surface area contributed by atoms with Crippen molar-refractivity contribution in [3.63, 3.8) is 0 Å².